The van der Waals surface area contributed by atoms with Crippen LogP contribution in [0.4, 0.5) is 5.13 Å². The van der Waals surface area contributed by atoms with Gasteiger partial charge in [0.05, 0.1) is 10.6 Å². The lowest BCUT2D eigenvalue weighted by atomic mass is 10.2. The van der Waals surface area contributed by atoms with Crippen LogP contribution < -0.4 is 5.32 Å². The molecule has 0 aliphatic rings. The van der Waals surface area contributed by atoms with Gasteiger partial charge >= 0.3 is 0 Å². The molecule has 10 heteroatoms. The zero-order valence-electron chi connectivity index (χ0n) is 13.7. The molecular formula is C17H13Cl2N3O3S2. The van der Waals surface area contributed by atoms with Crippen molar-refractivity contribution < 1.29 is 13.2 Å². The standard InChI is InChI=1S/C17H13Cl2N3O3S2/c18-12-3-1-11(2-4-12)16(23)20-17-22-21-15(26-17)9-10-27(24,25)14-7-5-13(19)6-8-14/h1-8H,9-10H2,(H,20,22,23). The third-order valence-corrected chi connectivity index (χ3v) is 6.69. The van der Waals surface area contributed by atoms with Crippen LogP contribution in [0.15, 0.2) is 53.4 Å². The molecule has 6 nitrogen and oxygen atoms in total. The van der Waals surface area contributed by atoms with Gasteiger partial charge in [-0.05, 0) is 48.5 Å². The maximum atomic E-state index is 12.3. The number of amides is 1. The van der Waals surface area contributed by atoms with Crippen LogP contribution in [0.1, 0.15) is 15.4 Å². The monoisotopic (exact) mass is 441 g/mol. The number of nitrogens with zero attached hydrogens (tertiary/aromatic N) is 2. The first-order valence-corrected chi connectivity index (χ1v) is 10.9. The average molecular weight is 442 g/mol. The van der Waals surface area contributed by atoms with Crippen LogP contribution >= 0.6 is 34.5 Å². The lowest BCUT2D eigenvalue weighted by molar-refractivity contribution is 0.102. The number of anilines is 1. The van der Waals surface area contributed by atoms with E-state index < -0.39 is 9.84 Å². The number of hydrogen-bond acceptors (Lipinski definition) is 6. The molecule has 1 heterocycles. The first-order chi connectivity index (χ1) is 12.8. The molecule has 0 fully saturated rings. The smallest absolute Gasteiger partial charge is 0.257 e. The van der Waals surface area contributed by atoms with Crippen LogP contribution in [-0.4, -0.2) is 30.3 Å². The van der Waals surface area contributed by atoms with Crippen molar-refractivity contribution in [2.24, 2.45) is 0 Å². The number of hydrogen-bond donors (Lipinski definition) is 1. The number of halogens is 2. The van der Waals surface area contributed by atoms with Gasteiger partial charge in [-0.25, -0.2) is 8.42 Å². The molecule has 0 bridgehead atoms. The Bertz CT molecular complexity index is 1050. The first-order valence-electron chi connectivity index (χ1n) is 7.71. The summed E-state index contributed by atoms with van der Waals surface area (Å²) in [4.78, 5) is 12.3. The lowest BCUT2D eigenvalue weighted by Gasteiger charge is -2.03. The number of benzene rings is 2. The fourth-order valence-corrected chi connectivity index (χ4v) is 4.52. The molecule has 2 aromatic carbocycles. The minimum atomic E-state index is -3.46. The molecule has 0 saturated carbocycles. The van der Waals surface area contributed by atoms with Gasteiger partial charge in [0.2, 0.25) is 5.13 Å². The molecule has 0 aliphatic carbocycles. The van der Waals surface area contributed by atoms with Gasteiger partial charge in [-0.1, -0.05) is 34.5 Å². The summed E-state index contributed by atoms with van der Waals surface area (Å²) < 4.78 is 24.7. The highest BCUT2D eigenvalue weighted by Gasteiger charge is 2.17. The molecule has 3 rings (SSSR count). The van der Waals surface area contributed by atoms with E-state index in [2.05, 4.69) is 15.5 Å². The van der Waals surface area contributed by atoms with Crippen molar-refractivity contribution in [3.63, 3.8) is 0 Å². The molecule has 0 radical (unpaired) electrons. The maximum absolute atomic E-state index is 12.3. The van der Waals surface area contributed by atoms with Crippen molar-refractivity contribution in [2.45, 2.75) is 11.3 Å². The van der Waals surface area contributed by atoms with E-state index in [1.165, 1.54) is 24.3 Å². The third-order valence-electron chi connectivity index (χ3n) is 3.55. The van der Waals surface area contributed by atoms with Crippen molar-refractivity contribution in [3.8, 4) is 0 Å². The Balaban J connectivity index is 1.61. The largest absolute Gasteiger partial charge is 0.296 e. The average Bonchev–Trinajstić information content (AvgIpc) is 3.08. The summed E-state index contributed by atoms with van der Waals surface area (Å²) in [5.74, 6) is -0.461. The Morgan fingerprint density at radius 3 is 2.19 bits per heavy atom. The summed E-state index contributed by atoms with van der Waals surface area (Å²) in [6, 6.07) is 12.4. The molecule has 0 spiro atoms. The van der Waals surface area contributed by atoms with E-state index in [0.717, 1.165) is 11.3 Å². The van der Waals surface area contributed by atoms with E-state index in [4.69, 9.17) is 23.2 Å². The van der Waals surface area contributed by atoms with Gasteiger partial charge in [-0.3, -0.25) is 10.1 Å². The summed E-state index contributed by atoms with van der Waals surface area (Å²) in [6.45, 7) is 0. The Hall–Kier alpha value is -2.00. The summed E-state index contributed by atoms with van der Waals surface area (Å²) >= 11 is 12.7. The molecule has 0 aliphatic heterocycles. The predicted octanol–water partition coefficient (Wildman–Crippen LogP) is 4.11. The van der Waals surface area contributed by atoms with Gasteiger partial charge in [0.1, 0.15) is 5.01 Å². The van der Waals surface area contributed by atoms with E-state index in [1.54, 1.807) is 24.3 Å². The highest BCUT2D eigenvalue weighted by Crippen LogP contribution is 2.20. The van der Waals surface area contributed by atoms with Crippen molar-refractivity contribution in [2.75, 3.05) is 11.1 Å². The van der Waals surface area contributed by atoms with Crippen LogP contribution in [0.3, 0.4) is 0 Å². The zero-order valence-corrected chi connectivity index (χ0v) is 16.9. The van der Waals surface area contributed by atoms with E-state index in [-0.39, 0.29) is 23.0 Å². The maximum Gasteiger partial charge on any atom is 0.257 e. The van der Waals surface area contributed by atoms with Crippen molar-refractivity contribution >= 4 is 55.4 Å². The van der Waals surface area contributed by atoms with Gasteiger partial charge in [0.15, 0.2) is 9.84 Å². The van der Waals surface area contributed by atoms with Crippen LogP contribution in [0.2, 0.25) is 10.0 Å². The topological polar surface area (TPSA) is 89.0 Å². The minimum absolute atomic E-state index is 0.117. The molecule has 140 valence electrons. The van der Waals surface area contributed by atoms with Crippen LogP contribution in [0.25, 0.3) is 0 Å². The number of aryl methyl sites for hydroxylation is 1. The van der Waals surface area contributed by atoms with E-state index >= 15 is 0 Å². The number of aromatic nitrogens is 2. The predicted molar refractivity (Wildman–Crippen MR) is 107 cm³/mol. The molecule has 0 unspecified atom stereocenters. The van der Waals surface area contributed by atoms with Crippen molar-refractivity contribution in [1.82, 2.24) is 10.2 Å². The summed E-state index contributed by atoms with van der Waals surface area (Å²) in [5, 5.41) is 12.3. The molecule has 3 aromatic rings. The summed E-state index contributed by atoms with van der Waals surface area (Å²) in [5.41, 5.74) is 0.432. The highest BCUT2D eigenvalue weighted by atomic mass is 35.5. The van der Waals surface area contributed by atoms with Gasteiger partial charge in [0.25, 0.3) is 5.91 Å². The Kier molecular flexibility index (Phi) is 6.11. The molecule has 0 saturated heterocycles. The Morgan fingerprint density at radius 1 is 0.963 bits per heavy atom. The van der Waals surface area contributed by atoms with E-state index in [1.807, 2.05) is 0 Å². The van der Waals surface area contributed by atoms with Crippen LogP contribution in [0, 0.1) is 0 Å². The number of sulfone groups is 1. The van der Waals surface area contributed by atoms with Crippen LogP contribution in [-0.2, 0) is 16.3 Å². The Labute approximate surface area is 170 Å². The lowest BCUT2D eigenvalue weighted by Crippen LogP contribution is -2.11. The second kappa shape index (κ2) is 8.35. The van der Waals surface area contributed by atoms with Crippen molar-refractivity contribution in [1.29, 1.82) is 0 Å². The first kappa shape index (κ1) is 19.8. The van der Waals surface area contributed by atoms with E-state index in [9.17, 15) is 13.2 Å². The molecule has 27 heavy (non-hydrogen) atoms. The minimum Gasteiger partial charge on any atom is -0.296 e. The summed E-state index contributed by atoms with van der Waals surface area (Å²) in [6.07, 6.45) is 0.194. The number of carbonyl (C=O) groups is 1. The molecule has 0 atom stereocenters. The molecule has 1 aromatic heterocycles. The van der Waals surface area contributed by atoms with Crippen LogP contribution in [0.5, 0.6) is 0 Å². The normalized spacial score (nSPS) is 11.3. The van der Waals surface area contributed by atoms with Gasteiger partial charge in [0, 0.05) is 22.0 Å². The van der Waals surface area contributed by atoms with E-state index in [0.29, 0.717) is 25.7 Å². The summed E-state index contributed by atoms with van der Waals surface area (Å²) in [7, 11) is -3.46. The fourth-order valence-electron chi connectivity index (χ4n) is 2.16. The number of carbonyl (C=O) groups excluding carboxylic acids is 1. The highest BCUT2D eigenvalue weighted by molar-refractivity contribution is 7.91. The third kappa shape index (κ3) is 5.26. The zero-order chi connectivity index (χ0) is 19.4. The number of nitrogens with one attached hydrogen (secondary N) is 1. The molecule has 1 N–H and O–H groups in total. The van der Waals surface area contributed by atoms with Crippen molar-refractivity contribution in [3.05, 3.63) is 69.1 Å². The van der Waals surface area contributed by atoms with Gasteiger partial charge in [-0.15, -0.1) is 10.2 Å². The van der Waals surface area contributed by atoms with Gasteiger partial charge < -0.3 is 0 Å². The molecular weight excluding hydrogens is 429 g/mol. The Morgan fingerprint density at radius 2 is 1.56 bits per heavy atom. The quantitative estimate of drug-likeness (QED) is 0.621. The fraction of sp³-hybridized carbons (Fsp3) is 0.118. The van der Waals surface area contributed by atoms with Gasteiger partial charge in [-0.2, -0.15) is 0 Å². The number of rotatable bonds is 6. The second-order valence-corrected chi connectivity index (χ2v) is 9.53. The SMILES string of the molecule is O=C(Nc1nnc(CCS(=O)(=O)c2ccc(Cl)cc2)s1)c1ccc(Cl)cc1. The molecule has 1 amide bonds. The second-order valence-electron chi connectivity index (χ2n) is 5.48.